The third-order valence-electron chi connectivity index (χ3n) is 7.23. The number of carbonyl (C=O) groups excluding carboxylic acids is 2. The second-order valence-corrected chi connectivity index (χ2v) is 10.6. The molecular weight excluding hydrogens is 564 g/mol. The summed E-state index contributed by atoms with van der Waals surface area (Å²) < 4.78 is 62.2. The molecule has 42 heavy (non-hydrogen) atoms. The minimum atomic E-state index is -2.73. The van der Waals surface area contributed by atoms with Crippen LogP contribution in [-0.4, -0.2) is 80.9 Å². The van der Waals surface area contributed by atoms with Gasteiger partial charge in [0.05, 0.1) is 36.5 Å². The van der Waals surface area contributed by atoms with E-state index < -0.39 is 29.6 Å². The van der Waals surface area contributed by atoms with Gasteiger partial charge in [0.25, 0.3) is 11.8 Å². The van der Waals surface area contributed by atoms with Crippen molar-refractivity contribution in [3.05, 3.63) is 41.1 Å². The van der Waals surface area contributed by atoms with Gasteiger partial charge in [-0.2, -0.15) is 5.10 Å². The van der Waals surface area contributed by atoms with Crippen molar-refractivity contribution in [2.45, 2.75) is 64.0 Å². The number of hydrogen-bond donors (Lipinski definition) is 2. The van der Waals surface area contributed by atoms with Crippen LogP contribution >= 0.6 is 0 Å². The molecule has 0 radical (unpaired) electrons. The maximum Gasteiger partial charge on any atom is 0.317 e. The zero-order chi connectivity index (χ0) is 30.5. The van der Waals surface area contributed by atoms with Crippen LogP contribution in [0.15, 0.2) is 23.1 Å². The SMILES string of the molecule is COC.Cc1nonc1C(=O)NCc1cn2ncc(CN3CC4C(CNC3=O)C4(F)F)cc2n1.FC1(F)CCCCC1. The van der Waals surface area contributed by atoms with Crippen LogP contribution in [0, 0.1) is 18.8 Å². The molecule has 2 saturated carbocycles. The number of imidazole rings is 1. The maximum atomic E-state index is 13.7. The number of nitrogens with one attached hydrogen (secondary N) is 2. The van der Waals surface area contributed by atoms with Crippen LogP contribution in [0.2, 0.25) is 0 Å². The van der Waals surface area contributed by atoms with Crippen LogP contribution in [-0.2, 0) is 17.8 Å². The van der Waals surface area contributed by atoms with E-state index in [2.05, 4.69) is 40.4 Å². The average molecular weight is 599 g/mol. The molecule has 3 aliphatic rings. The molecular formula is C26H34F4N8O4. The topological polar surface area (TPSA) is 140 Å². The van der Waals surface area contributed by atoms with Crippen molar-refractivity contribution >= 4 is 17.6 Å². The second-order valence-electron chi connectivity index (χ2n) is 10.6. The van der Waals surface area contributed by atoms with E-state index in [4.69, 9.17) is 0 Å². The first kappa shape index (κ1) is 31.1. The summed E-state index contributed by atoms with van der Waals surface area (Å²) in [6, 6.07) is 1.36. The summed E-state index contributed by atoms with van der Waals surface area (Å²) in [5.41, 5.74) is 2.21. The molecule has 0 bridgehead atoms. The quantitative estimate of drug-likeness (QED) is 0.425. The first-order valence-corrected chi connectivity index (χ1v) is 13.5. The molecule has 1 saturated heterocycles. The lowest BCUT2D eigenvalue weighted by Crippen LogP contribution is -2.40. The van der Waals surface area contributed by atoms with Crippen molar-refractivity contribution in [2.75, 3.05) is 27.3 Å². The van der Waals surface area contributed by atoms with Gasteiger partial charge >= 0.3 is 6.03 Å². The normalized spacial score (nSPS) is 22.0. The molecule has 0 spiro atoms. The number of halogens is 4. The lowest BCUT2D eigenvalue weighted by molar-refractivity contribution is -0.0337. The Hall–Kier alpha value is -3.82. The van der Waals surface area contributed by atoms with Crippen LogP contribution in [0.25, 0.3) is 5.65 Å². The van der Waals surface area contributed by atoms with Crippen LogP contribution in [0.5, 0.6) is 0 Å². The Morgan fingerprint density at radius 1 is 1.17 bits per heavy atom. The monoisotopic (exact) mass is 598 g/mol. The zero-order valence-corrected chi connectivity index (χ0v) is 23.6. The Morgan fingerprint density at radius 3 is 2.50 bits per heavy atom. The summed E-state index contributed by atoms with van der Waals surface area (Å²) in [4.78, 5) is 30.1. The van der Waals surface area contributed by atoms with Crippen molar-refractivity contribution < 1.29 is 36.5 Å². The van der Waals surface area contributed by atoms with Crippen molar-refractivity contribution in [3.8, 4) is 0 Å². The Kier molecular flexibility index (Phi) is 9.64. The summed E-state index contributed by atoms with van der Waals surface area (Å²) >= 11 is 0. The predicted octanol–water partition coefficient (Wildman–Crippen LogP) is 3.61. The number of hydrogen-bond acceptors (Lipinski definition) is 8. The number of aromatic nitrogens is 5. The van der Waals surface area contributed by atoms with Crippen molar-refractivity contribution in [2.24, 2.45) is 11.8 Å². The van der Waals surface area contributed by atoms with Crippen molar-refractivity contribution in [1.29, 1.82) is 0 Å². The molecule has 230 valence electrons. The zero-order valence-electron chi connectivity index (χ0n) is 23.6. The number of urea groups is 1. The van der Waals surface area contributed by atoms with Crippen LogP contribution < -0.4 is 10.6 Å². The third kappa shape index (κ3) is 7.52. The molecule has 12 nitrogen and oxygen atoms in total. The van der Waals surface area contributed by atoms with Crippen molar-refractivity contribution in [1.82, 2.24) is 40.4 Å². The summed E-state index contributed by atoms with van der Waals surface area (Å²) in [5, 5.41) is 16.6. The fraction of sp³-hybridized carbons (Fsp3) is 0.615. The standard InChI is InChI=1S/C18H18F2N8O3.C6H10F2.C2H6O/c1-9-15(26-31-25-9)16(29)21-4-11-7-28-14(24-11)2-10(3-23-28)6-27-8-13-12(18(13,19)20)5-22-17(27)30;7-6(8)4-2-1-3-5-6;1-3-2/h2-3,7,12-13H,4-6,8H2,1H3,(H,21,29)(H,22,30);1-5H2;1-2H3. The number of alkyl halides is 4. The number of aryl methyl sites for hydroxylation is 1. The van der Waals surface area contributed by atoms with Crippen LogP contribution in [0.4, 0.5) is 22.4 Å². The van der Waals surface area contributed by atoms with Gasteiger partial charge in [-0.1, -0.05) is 11.6 Å². The highest BCUT2D eigenvalue weighted by molar-refractivity contribution is 5.92. The Balaban J connectivity index is 0.000000312. The van der Waals surface area contributed by atoms with E-state index in [0.717, 1.165) is 6.42 Å². The van der Waals surface area contributed by atoms with Gasteiger partial charge in [-0.25, -0.2) is 36.5 Å². The number of carbonyl (C=O) groups is 2. The number of rotatable bonds is 5. The van der Waals surface area contributed by atoms with Gasteiger partial charge in [-0.3, -0.25) is 4.79 Å². The van der Waals surface area contributed by atoms with Gasteiger partial charge in [-0.05, 0) is 36.6 Å². The minimum absolute atomic E-state index is 0.00325. The molecule has 2 atom stereocenters. The number of ether oxygens (including phenoxy) is 1. The van der Waals surface area contributed by atoms with Gasteiger partial charge < -0.3 is 20.3 Å². The number of amides is 3. The highest BCUT2D eigenvalue weighted by Crippen LogP contribution is 2.55. The minimum Gasteiger partial charge on any atom is -0.388 e. The van der Waals surface area contributed by atoms with Gasteiger partial charge in [-0.15, -0.1) is 0 Å². The summed E-state index contributed by atoms with van der Waals surface area (Å²) in [5.74, 6) is -7.08. The Bertz CT molecular complexity index is 1370. The van der Waals surface area contributed by atoms with Gasteiger partial charge in [0.2, 0.25) is 5.92 Å². The molecule has 2 aliphatic carbocycles. The lowest BCUT2D eigenvalue weighted by atomic mass is 9.97. The summed E-state index contributed by atoms with van der Waals surface area (Å²) in [6.45, 7) is 1.87. The Labute approximate surface area is 239 Å². The smallest absolute Gasteiger partial charge is 0.317 e. The molecule has 3 aromatic heterocycles. The molecule has 16 heteroatoms. The van der Waals surface area contributed by atoms with E-state index in [1.807, 2.05) is 0 Å². The van der Waals surface area contributed by atoms with E-state index in [1.54, 1.807) is 39.6 Å². The highest BCUT2D eigenvalue weighted by atomic mass is 19.3. The number of methoxy groups -OCH3 is 1. The van der Waals surface area contributed by atoms with Gasteiger partial charge in [0.1, 0.15) is 5.69 Å². The molecule has 0 aromatic carbocycles. The van der Waals surface area contributed by atoms with E-state index in [0.29, 0.717) is 35.4 Å². The molecule has 3 amide bonds. The lowest BCUT2D eigenvalue weighted by Gasteiger charge is -2.21. The number of nitrogens with zero attached hydrogens (tertiary/aromatic N) is 6. The predicted molar refractivity (Wildman–Crippen MR) is 140 cm³/mol. The third-order valence-corrected chi connectivity index (χ3v) is 7.23. The Morgan fingerprint density at radius 2 is 1.88 bits per heavy atom. The van der Waals surface area contributed by atoms with Gasteiger partial charge in [0.15, 0.2) is 11.3 Å². The molecule has 4 heterocycles. The second kappa shape index (κ2) is 13.0. The van der Waals surface area contributed by atoms with E-state index in [-0.39, 0.29) is 50.7 Å². The maximum absolute atomic E-state index is 13.7. The first-order chi connectivity index (χ1) is 19.9. The van der Waals surface area contributed by atoms with Crippen LogP contribution in [0.1, 0.15) is 59.5 Å². The number of fused-ring (bicyclic) bond motifs is 2. The molecule has 1 aliphatic heterocycles. The van der Waals surface area contributed by atoms with Crippen LogP contribution in [0.3, 0.4) is 0 Å². The largest absolute Gasteiger partial charge is 0.388 e. The summed E-state index contributed by atoms with van der Waals surface area (Å²) in [7, 11) is 3.25. The average Bonchev–Trinajstić information content (AvgIpc) is 3.23. The van der Waals surface area contributed by atoms with E-state index in [1.165, 1.54) is 9.42 Å². The molecule has 2 unspecified atom stereocenters. The summed E-state index contributed by atoms with van der Waals surface area (Å²) in [6.07, 6.45) is 5.87. The van der Waals surface area contributed by atoms with Crippen molar-refractivity contribution in [3.63, 3.8) is 0 Å². The fourth-order valence-electron chi connectivity index (χ4n) is 4.87. The molecule has 3 aromatic rings. The van der Waals surface area contributed by atoms with Gasteiger partial charge in [0, 0.05) is 46.7 Å². The molecule has 6 rings (SSSR count). The molecule has 3 fully saturated rings. The fourth-order valence-corrected chi connectivity index (χ4v) is 4.87. The molecule has 2 N–H and O–H groups in total. The highest BCUT2D eigenvalue weighted by Gasteiger charge is 2.69. The van der Waals surface area contributed by atoms with E-state index >= 15 is 0 Å². The first-order valence-electron chi connectivity index (χ1n) is 13.5. The van der Waals surface area contributed by atoms with E-state index in [9.17, 15) is 27.2 Å².